The van der Waals surface area contributed by atoms with Gasteiger partial charge in [-0.2, -0.15) is 11.8 Å². The number of rotatable bonds is 11. The number of hydrogen-bond acceptors (Lipinski definition) is 2. The molecular weight excluding hydrogens is 238 g/mol. The molecule has 1 fully saturated rings. The van der Waals surface area contributed by atoms with Crippen molar-refractivity contribution in [1.82, 2.24) is 5.32 Å². The second kappa shape index (κ2) is 11.2. The lowest BCUT2D eigenvalue weighted by Gasteiger charge is -2.24. The molecule has 0 aromatic carbocycles. The largest absolute Gasteiger partial charge is 0.313 e. The highest BCUT2D eigenvalue weighted by atomic mass is 32.2. The van der Waals surface area contributed by atoms with Gasteiger partial charge < -0.3 is 5.32 Å². The van der Waals surface area contributed by atoms with Crippen LogP contribution in [0.1, 0.15) is 78.1 Å². The van der Waals surface area contributed by atoms with E-state index in [-0.39, 0.29) is 0 Å². The first-order chi connectivity index (χ1) is 8.88. The second-order valence-electron chi connectivity index (χ2n) is 5.67. The Hall–Kier alpha value is 0.310. The Morgan fingerprint density at radius 2 is 1.83 bits per heavy atom. The highest BCUT2D eigenvalue weighted by molar-refractivity contribution is 8.00. The Labute approximate surface area is 119 Å². The monoisotopic (exact) mass is 271 g/mol. The van der Waals surface area contributed by atoms with Gasteiger partial charge in [0, 0.05) is 11.3 Å². The maximum Gasteiger partial charge on any atom is 0.0201 e. The number of thioether (sulfide) groups is 1. The standard InChI is InChI=1S/C16H33NS/c1-3-5-6-7-8-9-11-15(17-13-4-2)16-12-10-14-18-16/h15-17H,3-14H2,1-2H3. The van der Waals surface area contributed by atoms with E-state index in [4.69, 9.17) is 0 Å². The lowest BCUT2D eigenvalue weighted by atomic mass is 10.0. The Morgan fingerprint density at radius 1 is 1.06 bits per heavy atom. The van der Waals surface area contributed by atoms with E-state index in [0.717, 1.165) is 11.3 Å². The van der Waals surface area contributed by atoms with Crippen LogP contribution in [-0.2, 0) is 0 Å². The van der Waals surface area contributed by atoms with Gasteiger partial charge in [-0.15, -0.1) is 0 Å². The molecule has 1 rings (SSSR count). The van der Waals surface area contributed by atoms with E-state index >= 15 is 0 Å². The summed E-state index contributed by atoms with van der Waals surface area (Å²) in [5, 5.41) is 4.70. The maximum atomic E-state index is 3.79. The fourth-order valence-corrected chi connectivity index (χ4v) is 4.25. The summed E-state index contributed by atoms with van der Waals surface area (Å²) in [5.41, 5.74) is 0. The quantitative estimate of drug-likeness (QED) is 0.531. The van der Waals surface area contributed by atoms with Crippen LogP contribution in [0.2, 0.25) is 0 Å². The SMILES string of the molecule is CCCCCCCCC(NCCC)C1CCCS1. The summed E-state index contributed by atoms with van der Waals surface area (Å²) in [5.74, 6) is 1.39. The predicted octanol–water partition coefficient (Wildman–Crippen LogP) is 5.00. The van der Waals surface area contributed by atoms with Gasteiger partial charge in [-0.3, -0.25) is 0 Å². The topological polar surface area (TPSA) is 12.0 Å². The molecule has 1 saturated heterocycles. The molecule has 1 N–H and O–H groups in total. The molecule has 0 aliphatic carbocycles. The van der Waals surface area contributed by atoms with E-state index in [0.29, 0.717) is 0 Å². The van der Waals surface area contributed by atoms with Crippen LogP contribution in [-0.4, -0.2) is 23.6 Å². The van der Waals surface area contributed by atoms with Gasteiger partial charge in [0.05, 0.1) is 0 Å². The van der Waals surface area contributed by atoms with E-state index in [2.05, 4.69) is 30.9 Å². The van der Waals surface area contributed by atoms with E-state index in [1.807, 2.05) is 0 Å². The minimum absolute atomic E-state index is 0.795. The number of nitrogens with one attached hydrogen (secondary N) is 1. The molecule has 0 saturated carbocycles. The van der Waals surface area contributed by atoms with Gasteiger partial charge in [0.15, 0.2) is 0 Å². The van der Waals surface area contributed by atoms with Gasteiger partial charge in [0.2, 0.25) is 0 Å². The summed E-state index contributed by atoms with van der Waals surface area (Å²) in [6.07, 6.45) is 14.1. The van der Waals surface area contributed by atoms with Gasteiger partial charge in [0.25, 0.3) is 0 Å². The molecule has 1 nitrogen and oxygen atoms in total. The van der Waals surface area contributed by atoms with E-state index in [9.17, 15) is 0 Å². The lowest BCUT2D eigenvalue weighted by molar-refractivity contribution is 0.435. The molecule has 18 heavy (non-hydrogen) atoms. The van der Waals surface area contributed by atoms with Gasteiger partial charge in [-0.25, -0.2) is 0 Å². The van der Waals surface area contributed by atoms with Crippen molar-refractivity contribution in [3.8, 4) is 0 Å². The van der Waals surface area contributed by atoms with Gasteiger partial charge >= 0.3 is 0 Å². The van der Waals surface area contributed by atoms with Crippen LogP contribution < -0.4 is 5.32 Å². The minimum Gasteiger partial charge on any atom is -0.313 e. The molecular formula is C16H33NS. The smallest absolute Gasteiger partial charge is 0.0201 e. The highest BCUT2D eigenvalue weighted by Crippen LogP contribution is 2.30. The maximum absolute atomic E-state index is 3.79. The van der Waals surface area contributed by atoms with Crippen molar-refractivity contribution in [2.24, 2.45) is 0 Å². The number of unbranched alkanes of at least 4 members (excludes halogenated alkanes) is 5. The van der Waals surface area contributed by atoms with Gasteiger partial charge in [0.1, 0.15) is 0 Å². The second-order valence-corrected chi connectivity index (χ2v) is 7.02. The van der Waals surface area contributed by atoms with Crippen LogP contribution in [0.25, 0.3) is 0 Å². The minimum atomic E-state index is 0.795. The average Bonchev–Trinajstić information content (AvgIpc) is 2.91. The molecule has 0 spiro atoms. The van der Waals surface area contributed by atoms with Gasteiger partial charge in [-0.05, 0) is 38.0 Å². The van der Waals surface area contributed by atoms with Crippen molar-refractivity contribution in [3.63, 3.8) is 0 Å². The molecule has 1 aliphatic rings. The molecule has 0 amide bonds. The summed E-state index contributed by atoms with van der Waals surface area (Å²) in [6, 6.07) is 0.795. The van der Waals surface area contributed by atoms with Crippen LogP contribution in [0, 0.1) is 0 Å². The van der Waals surface area contributed by atoms with E-state index in [1.165, 1.54) is 76.5 Å². The predicted molar refractivity (Wildman–Crippen MR) is 85.6 cm³/mol. The normalized spacial score (nSPS) is 21.3. The summed E-state index contributed by atoms with van der Waals surface area (Å²) in [6.45, 7) is 5.77. The molecule has 2 heteroatoms. The average molecular weight is 272 g/mol. The molecule has 0 aromatic heterocycles. The first-order valence-corrected chi connectivity index (χ1v) is 9.28. The molecule has 1 heterocycles. The van der Waals surface area contributed by atoms with Crippen molar-refractivity contribution in [2.75, 3.05) is 12.3 Å². The summed E-state index contributed by atoms with van der Waals surface area (Å²) < 4.78 is 0. The van der Waals surface area contributed by atoms with Crippen LogP contribution >= 0.6 is 11.8 Å². The summed E-state index contributed by atoms with van der Waals surface area (Å²) >= 11 is 2.21. The van der Waals surface area contributed by atoms with Crippen molar-refractivity contribution in [1.29, 1.82) is 0 Å². The Morgan fingerprint density at radius 3 is 2.50 bits per heavy atom. The molecule has 0 radical (unpaired) electrons. The van der Waals surface area contributed by atoms with Crippen LogP contribution in [0.15, 0.2) is 0 Å². The van der Waals surface area contributed by atoms with Crippen LogP contribution in [0.4, 0.5) is 0 Å². The molecule has 2 atom stereocenters. The Balaban J connectivity index is 2.11. The third-order valence-corrected chi connectivity index (χ3v) is 5.46. The van der Waals surface area contributed by atoms with Crippen molar-refractivity contribution < 1.29 is 0 Å². The summed E-state index contributed by atoms with van der Waals surface area (Å²) in [7, 11) is 0. The molecule has 2 unspecified atom stereocenters. The Bertz CT molecular complexity index is 178. The third kappa shape index (κ3) is 7.04. The van der Waals surface area contributed by atoms with Crippen molar-refractivity contribution in [2.45, 2.75) is 89.3 Å². The van der Waals surface area contributed by atoms with E-state index in [1.54, 1.807) is 0 Å². The molecule has 0 bridgehead atoms. The van der Waals surface area contributed by atoms with Gasteiger partial charge in [-0.1, -0.05) is 52.4 Å². The van der Waals surface area contributed by atoms with Crippen molar-refractivity contribution in [3.05, 3.63) is 0 Å². The lowest BCUT2D eigenvalue weighted by Crippen LogP contribution is -2.37. The zero-order valence-corrected chi connectivity index (χ0v) is 13.4. The molecule has 1 aliphatic heterocycles. The molecule has 108 valence electrons. The van der Waals surface area contributed by atoms with Crippen molar-refractivity contribution >= 4 is 11.8 Å². The fourth-order valence-electron chi connectivity index (χ4n) is 2.81. The first-order valence-electron chi connectivity index (χ1n) is 8.23. The number of hydrogen-bond donors (Lipinski definition) is 1. The first kappa shape index (κ1) is 16.4. The molecule has 0 aromatic rings. The van der Waals surface area contributed by atoms with Crippen LogP contribution in [0.5, 0.6) is 0 Å². The van der Waals surface area contributed by atoms with Crippen LogP contribution in [0.3, 0.4) is 0 Å². The highest BCUT2D eigenvalue weighted by Gasteiger charge is 2.24. The zero-order chi connectivity index (χ0) is 13.1. The fraction of sp³-hybridized carbons (Fsp3) is 1.00. The van der Waals surface area contributed by atoms with E-state index < -0.39 is 0 Å². The zero-order valence-electron chi connectivity index (χ0n) is 12.5. The Kier molecular flexibility index (Phi) is 10.1. The third-order valence-electron chi connectivity index (χ3n) is 3.94. The summed E-state index contributed by atoms with van der Waals surface area (Å²) in [4.78, 5) is 0.